The van der Waals surface area contributed by atoms with Crippen LogP contribution in [0.25, 0.3) is 11.0 Å². The molecule has 3 saturated carbocycles. The van der Waals surface area contributed by atoms with Gasteiger partial charge in [-0.05, 0) is 105 Å². The molecule has 3 fully saturated rings. The lowest BCUT2D eigenvalue weighted by atomic mass is 9.46. The van der Waals surface area contributed by atoms with Crippen LogP contribution in [0.2, 0.25) is 0 Å². The number of halogens is 1. The van der Waals surface area contributed by atoms with Crippen molar-refractivity contribution in [3.63, 3.8) is 0 Å². The molecule has 7 heteroatoms. The van der Waals surface area contributed by atoms with Gasteiger partial charge < -0.3 is 9.84 Å². The normalized spacial score (nSPS) is 37.2. The number of carbonyl (C=O) groups excluding carboxylic acids is 1. The van der Waals surface area contributed by atoms with Gasteiger partial charge in [0.25, 0.3) is 0 Å². The fourth-order valence-electron chi connectivity index (χ4n) is 8.86. The van der Waals surface area contributed by atoms with Crippen molar-refractivity contribution in [1.29, 1.82) is 0 Å². The number of aliphatic hydroxyl groups is 1. The van der Waals surface area contributed by atoms with E-state index in [1.54, 1.807) is 6.07 Å². The number of benzene rings is 1. The molecule has 6 nitrogen and oxygen atoms in total. The molecular formula is C30H44FN3O3. The molecule has 1 aromatic carbocycles. The topological polar surface area (TPSA) is 77.2 Å². The number of hydrogen-bond donors (Lipinski definition) is 1. The van der Waals surface area contributed by atoms with E-state index in [0.717, 1.165) is 51.6 Å². The van der Waals surface area contributed by atoms with Crippen LogP contribution in [0.4, 0.5) is 4.39 Å². The first-order valence-corrected chi connectivity index (χ1v) is 14.2. The van der Waals surface area contributed by atoms with Crippen molar-refractivity contribution in [2.75, 3.05) is 13.7 Å². The van der Waals surface area contributed by atoms with Crippen LogP contribution in [0.3, 0.4) is 0 Å². The van der Waals surface area contributed by atoms with E-state index in [9.17, 15) is 14.3 Å². The SMILES string of the molecule is CC[C@@](C)(O)C[C@@H]1CC[C@@H]2[C@H](CC[C@]3(C)[C@@H](C(=O)Cn4nc5ccc(F)cc5n4)CC[C@@H]23)[C@]1(C)COC. The van der Waals surface area contributed by atoms with E-state index >= 15 is 0 Å². The number of ketones is 1. The number of nitrogens with zero attached hydrogens (tertiary/aromatic N) is 3. The maximum absolute atomic E-state index is 13.6. The maximum Gasteiger partial charge on any atom is 0.159 e. The third kappa shape index (κ3) is 4.64. The average molecular weight is 514 g/mol. The second-order valence-corrected chi connectivity index (χ2v) is 13.1. The van der Waals surface area contributed by atoms with Gasteiger partial charge in [0, 0.05) is 19.1 Å². The number of ether oxygens (including phenoxy) is 1. The molecule has 8 atom stereocenters. The van der Waals surface area contributed by atoms with Crippen molar-refractivity contribution < 1.29 is 19.0 Å². The highest BCUT2D eigenvalue weighted by Crippen LogP contribution is 2.66. The number of aromatic nitrogens is 3. The third-order valence-corrected chi connectivity index (χ3v) is 11.0. The first-order chi connectivity index (χ1) is 17.5. The minimum Gasteiger partial charge on any atom is -0.390 e. The van der Waals surface area contributed by atoms with Gasteiger partial charge in [-0.1, -0.05) is 20.8 Å². The van der Waals surface area contributed by atoms with Crippen molar-refractivity contribution in [3.05, 3.63) is 24.0 Å². The summed E-state index contributed by atoms with van der Waals surface area (Å²) in [5, 5.41) is 19.7. The number of hydrogen-bond acceptors (Lipinski definition) is 5. The first-order valence-electron chi connectivity index (χ1n) is 14.2. The third-order valence-electron chi connectivity index (χ3n) is 11.0. The van der Waals surface area contributed by atoms with Crippen LogP contribution in [0, 0.1) is 46.2 Å². The molecule has 204 valence electrons. The highest BCUT2D eigenvalue weighted by molar-refractivity contribution is 5.82. The molecule has 0 aliphatic heterocycles. The molecule has 2 aromatic rings. The van der Waals surface area contributed by atoms with Crippen LogP contribution in [0.5, 0.6) is 0 Å². The molecule has 3 aliphatic rings. The fraction of sp³-hybridized carbons (Fsp3) is 0.767. The lowest BCUT2D eigenvalue weighted by Gasteiger charge is -2.59. The maximum atomic E-state index is 13.6. The molecule has 5 rings (SSSR count). The predicted molar refractivity (Wildman–Crippen MR) is 141 cm³/mol. The summed E-state index contributed by atoms with van der Waals surface area (Å²) in [7, 11) is 1.81. The van der Waals surface area contributed by atoms with Gasteiger partial charge in [-0.3, -0.25) is 4.79 Å². The summed E-state index contributed by atoms with van der Waals surface area (Å²) in [6.07, 6.45) is 8.05. The smallest absolute Gasteiger partial charge is 0.159 e. The Balaban J connectivity index is 1.34. The predicted octanol–water partition coefficient (Wildman–Crippen LogP) is 5.81. The Morgan fingerprint density at radius 2 is 1.92 bits per heavy atom. The molecule has 0 bridgehead atoms. The molecule has 0 spiro atoms. The summed E-state index contributed by atoms with van der Waals surface area (Å²) >= 11 is 0. The average Bonchev–Trinajstić information content (AvgIpc) is 3.40. The molecule has 37 heavy (non-hydrogen) atoms. The summed E-state index contributed by atoms with van der Waals surface area (Å²) in [5.41, 5.74) is 0.486. The van der Waals surface area contributed by atoms with Crippen molar-refractivity contribution >= 4 is 16.8 Å². The molecule has 1 aromatic heterocycles. The van der Waals surface area contributed by atoms with Gasteiger partial charge in [-0.2, -0.15) is 15.0 Å². The largest absolute Gasteiger partial charge is 0.390 e. The zero-order valence-corrected chi connectivity index (χ0v) is 23.2. The summed E-state index contributed by atoms with van der Waals surface area (Å²) in [6, 6.07) is 4.35. The second kappa shape index (κ2) is 9.71. The summed E-state index contributed by atoms with van der Waals surface area (Å²) < 4.78 is 19.4. The Bertz CT molecular complexity index is 1150. The second-order valence-electron chi connectivity index (χ2n) is 13.1. The summed E-state index contributed by atoms with van der Waals surface area (Å²) in [6.45, 7) is 9.68. The molecule has 1 heterocycles. The highest BCUT2D eigenvalue weighted by atomic mass is 19.1. The Kier molecular flexibility index (Phi) is 7.02. The van der Waals surface area contributed by atoms with Crippen molar-refractivity contribution in [3.8, 4) is 0 Å². The number of rotatable bonds is 8. The zero-order chi connectivity index (χ0) is 26.6. The molecule has 0 saturated heterocycles. The standard InChI is InChI=1S/C30H44FN3O3/c1-6-28(2,36)16-19-7-9-21-22-10-11-24(29(22,3)14-13-23(21)30(19,4)18-37-5)27(35)17-34-32-25-12-8-20(31)15-26(25)33-34/h8,12,15,19,21-24,36H,6-7,9-11,13-14,16-18H2,1-5H3/t19-,21-,22-,23-,24+,28+,29-,30+/m0/s1. The Labute approximate surface area is 220 Å². The van der Waals surface area contributed by atoms with Gasteiger partial charge in [0.2, 0.25) is 0 Å². The number of methoxy groups -OCH3 is 1. The van der Waals surface area contributed by atoms with Gasteiger partial charge in [0.1, 0.15) is 23.4 Å². The van der Waals surface area contributed by atoms with Gasteiger partial charge in [0.05, 0.1) is 12.2 Å². The van der Waals surface area contributed by atoms with Crippen LogP contribution in [-0.4, -0.2) is 45.2 Å². The molecule has 3 aliphatic carbocycles. The lowest BCUT2D eigenvalue weighted by molar-refractivity contribution is -0.144. The van der Waals surface area contributed by atoms with Crippen LogP contribution < -0.4 is 0 Å². The van der Waals surface area contributed by atoms with Crippen molar-refractivity contribution in [2.45, 2.75) is 91.2 Å². The number of Topliss-reactive ketones (excluding diaryl/α,β-unsaturated/α-hetero) is 1. The Morgan fingerprint density at radius 1 is 1.16 bits per heavy atom. The van der Waals surface area contributed by atoms with E-state index in [4.69, 9.17) is 4.74 Å². The quantitative estimate of drug-likeness (QED) is 0.482. The van der Waals surface area contributed by atoms with Gasteiger partial charge in [-0.15, -0.1) is 0 Å². The van der Waals surface area contributed by atoms with Gasteiger partial charge >= 0.3 is 0 Å². The van der Waals surface area contributed by atoms with Crippen LogP contribution in [-0.2, 0) is 16.1 Å². The first kappa shape index (κ1) is 26.7. The van der Waals surface area contributed by atoms with E-state index in [2.05, 4.69) is 31.0 Å². The van der Waals surface area contributed by atoms with E-state index in [1.807, 2.05) is 14.0 Å². The zero-order valence-electron chi connectivity index (χ0n) is 23.2. The monoisotopic (exact) mass is 513 g/mol. The minimum absolute atomic E-state index is 0.00728. The Hall–Kier alpha value is -1.86. The molecule has 0 radical (unpaired) electrons. The summed E-state index contributed by atoms with van der Waals surface area (Å²) in [5.74, 6) is 1.99. The van der Waals surface area contributed by atoms with Crippen LogP contribution >= 0.6 is 0 Å². The molecule has 1 N–H and O–H groups in total. The number of carbonyl (C=O) groups is 1. The van der Waals surface area contributed by atoms with Gasteiger partial charge in [-0.25, -0.2) is 4.39 Å². The van der Waals surface area contributed by atoms with Crippen molar-refractivity contribution in [2.24, 2.45) is 40.4 Å². The highest BCUT2D eigenvalue weighted by Gasteiger charge is 2.60. The lowest BCUT2D eigenvalue weighted by Crippen LogP contribution is -2.55. The van der Waals surface area contributed by atoms with E-state index in [-0.39, 0.29) is 34.9 Å². The Morgan fingerprint density at radius 3 is 2.65 bits per heavy atom. The van der Waals surface area contributed by atoms with E-state index in [0.29, 0.717) is 34.7 Å². The summed E-state index contributed by atoms with van der Waals surface area (Å²) in [4.78, 5) is 15.1. The van der Waals surface area contributed by atoms with E-state index < -0.39 is 5.60 Å². The van der Waals surface area contributed by atoms with Crippen LogP contribution in [0.1, 0.15) is 79.1 Å². The molecule has 0 unspecified atom stereocenters. The van der Waals surface area contributed by atoms with E-state index in [1.165, 1.54) is 23.4 Å². The molecular weight excluding hydrogens is 469 g/mol. The molecule has 0 amide bonds. The fourth-order valence-corrected chi connectivity index (χ4v) is 8.86. The van der Waals surface area contributed by atoms with Gasteiger partial charge in [0.15, 0.2) is 5.78 Å². The van der Waals surface area contributed by atoms with Crippen molar-refractivity contribution in [1.82, 2.24) is 15.0 Å². The minimum atomic E-state index is -0.641. The van der Waals surface area contributed by atoms with Crippen LogP contribution in [0.15, 0.2) is 18.2 Å². The number of fused-ring (bicyclic) bond motifs is 4.